The molecule has 1 amide bonds. The molecule has 8 heteroatoms. The van der Waals surface area contributed by atoms with E-state index in [4.69, 9.17) is 9.88 Å². The molecule has 0 heterocycles. The van der Waals surface area contributed by atoms with E-state index >= 15 is 0 Å². The first-order valence-electron chi connectivity index (χ1n) is 6.38. The minimum Gasteiger partial charge on any atom is -0.480 e. The number of carbonyl (C=O) groups excluding carboxylic acids is 1. The van der Waals surface area contributed by atoms with Gasteiger partial charge in [-0.1, -0.05) is 13.8 Å². The van der Waals surface area contributed by atoms with Gasteiger partial charge >= 0.3 is 0 Å². The molecule has 0 fully saturated rings. The Balaban J connectivity index is 2.77. The van der Waals surface area contributed by atoms with Crippen LogP contribution in [0.4, 0.5) is 0 Å². The normalized spacial score (nSPS) is 13.0. The molecule has 0 saturated carbocycles. The number of nitrogens with one attached hydrogen (secondary N) is 1. The Morgan fingerprint density at radius 3 is 2.48 bits per heavy atom. The monoisotopic (exact) mass is 378 g/mol. The van der Waals surface area contributed by atoms with Crippen molar-refractivity contribution in [2.45, 2.75) is 31.8 Å². The minimum atomic E-state index is -3.77. The fourth-order valence-corrected chi connectivity index (χ4v) is 2.61. The predicted octanol–water partition coefficient (Wildman–Crippen LogP) is 1.64. The molecule has 6 nitrogen and oxygen atoms in total. The average Bonchev–Trinajstić information content (AvgIpc) is 2.36. The number of nitrogens with two attached hydrogens (primary N) is 1. The second kappa shape index (κ2) is 7.24. The van der Waals surface area contributed by atoms with Crippen LogP contribution in [0.5, 0.6) is 5.75 Å². The molecule has 0 radical (unpaired) electrons. The summed E-state index contributed by atoms with van der Waals surface area (Å²) < 4.78 is 28.4. The Labute approximate surface area is 133 Å². The zero-order chi connectivity index (χ0) is 16.2. The van der Waals surface area contributed by atoms with Gasteiger partial charge in [-0.2, -0.15) is 0 Å². The maximum atomic E-state index is 11.8. The third kappa shape index (κ3) is 5.64. The van der Waals surface area contributed by atoms with Gasteiger partial charge in [-0.25, -0.2) is 13.6 Å². The van der Waals surface area contributed by atoms with Crippen LogP contribution in [-0.4, -0.2) is 27.0 Å². The molecule has 21 heavy (non-hydrogen) atoms. The van der Waals surface area contributed by atoms with Gasteiger partial charge in [-0.3, -0.25) is 4.79 Å². The van der Waals surface area contributed by atoms with E-state index in [2.05, 4.69) is 21.2 Å². The summed E-state index contributed by atoms with van der Waals surface area (Å²) in [6, 6.07) is 4.12. The van der Waals surface area contributed by atoms with Crippen molar-refractivity contribution in [3.8, 4) is 5.75 Å². The highest BCUT2D eigenvalue weighted by molar-refractivity contribution is 9.10. The zero-order valence-electron chi connectivity index (χ0n) is 12.1. The standard InChI is InChI=1S/C13H19BrN2O4S/c1-8(2)7-16-13(17)9(3)20-12-5-4-10(6-11(12)14)21(15,18)19/h4-6,8-9H,7H2,1-3H3,(H,16,17)(H2,15,18,19). The highest BCUT2D eigenvalue weighted by Gasteiger charge is 2.17. The van der Waals surface area contributed by atoms with Crippen molar-refractivity contribution in [1.82, 2.24) is 5.32 Å². The van der Waals surface area contributed by atoms with Crippen LogP contribution in [0, 0.1) is 5.92 Å². The van der Waals surface area contributed by atoms with Gasteiger partial charge in [0.15, 0.2) is 6.10 Å². The molecular formula is C13H19BrN2O4S. The predicted molar refractivity (Wildman–Crippen MR) is 83.5 cm³/mol. The van der Waals surface area contributed by atoms with Crippen LogP contribution in [0.15, 0.2) is 27.6 Å². The summed E-state index contributed by atoms with van der Waals surface area (Å²) in [6.45, 7) is 6.18. The van der Waals surface area contributed by atoms with Crippen LogP contribution >= 0.6 is 15.9 Å². The Morgan fingerprint density at radius 1 is 1.38 bits per heavy atom. The van der Waals surface area contributed by atoms with Crippen LogP contribution < -0.4 is 15.2 Å². The number of hydrogen-bond acceptors (Lipinski definition) is 4. The summed E-state index contributed by atoms with van der Waals surface area (Å²) in [6.07, 6.45) is -0.694. The molecule has 0 aliphatic heterocycles. The van der Waals surface area contributed by atoms with E-state index in [1.165, 1.54) is 18.2 Å². The van der Waals surface area contributed by atoms with Gasteiger partial charge in [0.1, 0.15) is 5.75 Å². The second-order valence-corrected chi connectivity index (χ2v) is 7.45. The number of rotatable bonds is 6. The van der Waals surface area contributed by atoms with E-state index in [0.29, 0.717) is 22.7 Å². The molecule has 0 aliphatic rings. The van der Waals surface area contributed by atoms with Gasteiger partial charge in [0.25, 0.3) is 5.91 Å². The lowest BCUT2D eigenvalue weighted by molar-refractivity contribution is -0.127. The summed E-state index contributed by atoms with van der Waals surface area (Å²) in [7, 11) is -3.77. The highest BCUT2D eigenvalue weighted by Crippen LogP contribution is 2.28. The Hall–Kier alpha value is -1.12. The molecule has 1 atom stereocenters. The molecule has 0 spiro atoms. The van der Waals surface area contributed by atoms with Crippen molar-refractivity contribution in [2.24, 2.45) is 11.1 Å². The second-order valence-electron chi connectivity index (χ2n) is 5.04. The summed E-state index contributed by atoms with van der Waals surface area (Å²) in [4.78, 5) is 11.8. The van der Waals surface area contributed by atoms with E-state index in [1.807, 2.05) is 13.8 Å². The maximum Gasteiger partial charge on any atom is 0.260 e. The molecular weight excluding hydrogens is 360 g/mol. The molecule has 0 aromatic heterocycles. The van der Waals surface area contributed by atoms with Gasteiger partial charge in [-0.05, 0) is 47.0 Å². The fourth-order valence-electron chi connectivity index (χ4n) is 1.45. The molecule has 3 N–H and O–H groups in total. The van der Waals surface area contributed by atoms with Gasteiger partial charge in [-0.15, -0.1) is 0 Å². The highest BCUT2D eigenvalue weighted by atomic mass is 79.9. The zero-order valence-corrected chi connectivity index (χ0v) is 14.5. The molecule has 1 aromatic carbocycles. The number of hydrogen-bond donors (Lipinski definition) is 2. The van der Waals surface area contributed by atoms with E-state index in [1.54, 1.807) is 6.92 Å². The first-order valence-corrected chi connectivity index (χ1v) is 8.72. The molecule has 0 saturated heterocycles. The van der Waals surface area contributed by atoms with Crippen molar-refractivity contribution in [2.75, 3.05) is 6.54 Å². The third-order valence-electron chi connectivity index (χ3n) is 2.59. The number of benzene rings is 1. The third-order valence-corrected chi connectivity index (χ3v) is 4.12. The topological polar surface area (TPSA) is 98.5 Å². The van der Waals surface area contributed by atoms with Crippen LogP contribution in [0.3, 0.4) is 0 Å². The molecule has 0 bridgehead atoms. The first kappa shape index (κ1) is 17.9. The van der Waals surface area contributed by atoms with Crippen LogP contribution in [0.25, 0.3) is 0 Å². The van der Waals surface area contributed by atoms with Crippen molar-refractivity contribution < 1.29 is 17.9 Å². The summed E-state index contributed by atoms with van der Waals surface area (Å²) in [5.74, 6) is 0.489. The molecule has 118 valence electrons. The summed E-state index contributed by atoms with van der Waals surface area (Å²) >= 11 is 3.20. The van der Waals surface area contributed by atoms with Crippen LogP contribution in [0.2, 0.25) is 0 Å². The summed E-state index contributed by atoms with van der Waals surface area (Å²) in [5.41, 5.74) is 0. The van der Waals surface area contributed by atoms with E-state index in [-0.39, 0.29) is 10.8 Å². The van der Waals surface area contributed by atoms with Crippen molar-refractivity contribution in [3.05, 3.63) is 22.7 Å². The number of primary sulfonamides is 1. The lowest BCUT2D eigenvalue weighted by atomic mass is 10.2. The number of carbonyl (C=O) groups is 1. The SMILES string of the molecule is CC(C)CNC(=O)C(C)Oc1ccc(S(N)(=O)=O)cc1Br. The van der Waals surface area contributed by atoms with Crippen molar-refractivity contribution in [3.63, 3.8) is 0 Å². The number of sulfonamides is 1. The van der Waals surface area contributed by atoms with E-state index < -0.39 is 16.1 Å². The Bertz CT molecular complexity index is 617. The molecule has 1 rings (SSSR count). The average molecular weight is 379 g/mol. The van der Waals surface area contributed by atoms with Gasteiger partial charge in [0.05, 0.1) is 9.37 Å². The molecule has 1 aromatic rings. The lowest BCUT2D eigenvalue weighted by Gasteiger charge is -2.16. The largest absolute Gasteiger partial charge is 0.480 e. The maximum absolute atomic E-state index is 11.8. The van der Waals surface area contributed by atoms with E-state index in [9.17, 15) is 13.2 Å². The summed E-state index contributed by atoms with van der Waals surface area (Å²) in [5, 5.41) is 7.80. The van der Waals surface area contributed by atoms with Crippen molar-refractivity contribution >= 4 is 31.9 Å². The van der Waals surface area contributed by atoms with Crippen molar-refractivity contribution in [1.29, 1.82) is 0 Å². The van der Waals surface area contributed by atoms with Gasteiger partial charge < -0.3 is 10.1 Å². The number of ether oxygens (including phenoxy) is 1. The molecule has 0 aliphatic carbocycles. The van der Waals surface area contributed by atoms with E-state index in [0.717, 1.165) is 0 Å². The van der Waals surface area contributed by atoms with Crippen LogP contribution in [0.1, 0.15) is 20.8 Å². The lowest BCUT2D eigenvalue weighted by Crippen LogP contribution is -2.38. The fraction of sp³-hybridized carbons (Fsp3) is 0.462. The number of amides is 1. The van der Waals surface area contributed by atoms with Gasteiger partial charge in [0, 0.05) is 6.54 Å². The minimum absolute atomic E-state index is 0.0290. The number of halogens is 1. The smallest absolute Gasteiger partial charge is 0.260 e. The van der Waals surface area contributed by atoms with Crippen LogP contribution in [-0.2, 0) is 14.8 Å². The molecule has 1 unspecified atom stereocenters. The van der Waals surface area contributed by atoms with Gasteiger partial charge in [0.2, 0.25) is 10.0 Å². The first-order chi connectivity index (χ1) is 9.61. The Kier molecular flexibility index (Phi) is 6.18. The quantitative estimate of drug-likeness (QED) is 0.785. The Morgan fingerprint density at radius 2 is 2.00 bits per heavy atom.